The third-order valence-electron chi connectivity index (χ3n) is 2.42. The monoisotopic (exact) mass is 219 g/mol. The number of rotatable bonds is 2. The molecule has 0 atom stereocenters. The lowest BCUT2D eigenvalue weighted by Gasteiger charge is -2.16. The normalized spacial score (nSPS) is 17.1. The van der Waals surface area contributed by atoms with E-state index in [-0.39, 0.29) is 5.92 Å². The summed E-state index contributed by atoms with van der Waals surface area (Å²) in [5.74, 6) is 0.251. The first kappa shape index (κ1) is 9.90. The summed E-state index contributed by atoms with van der Waals surface area (Å²) < 4.78 is 37.2. The first-order valence-electron chi connectivity index (χ1n) is 4.48. The van der Waals surface area contributed by atoms with E-state index < -0.39 is 12.4 Å². The van der Waals surface area contributed by atoms with E-state index >= 15 is 0 Å². The van der Waals surface area contributed by atoms with Crippen molar-refractivity contribution in [2.45, 2.75) is 18.8 Å². The highest BCUT2D eigenvalue weighted by Crippen LogP contribution is 2.42. The summed E-state index contributed by atoms with van der Waals surface area (Å²) in [5.41, 5.74) is 0.111. The standard InChI is InChI=1S/C9H8BClF3/c11-9-4-3-7(10(12,13)14)5-8(9)6-1-2-6/h3-6H,1-2H2/q-1. The van der Waals surface area contributed by atoms with Gasteiger partial charge in [-0.05, 0) is 30.4 Å². The molecule has 5 heteroatoms. The van der Waals surface area contributed by atoms with Crippen molar-refractivity contribution in [3.8, 4) is 0 Å². The van der Waals surface area contributed by atoms with Crippen molar-refractivity contribution in [3.05, 3.63) is 28.8 Å². The molecule has 0 unspecified atom stereocenters. The molecule has 1 aliphatic rings. The molecular formula is C9H8BClF3-. The molecule has 1 aromatic rings. The Morgan fingerprint density at radius 3 is 2.36 bits per heavy atom. The minimum Gasteiger partial charge on any atom is -0.445 e. The zero-order chi connectivity index (χ0) is 10.3. The Balaban J connectivity index is 2.40. The molecule has 0 amide bonds. The zero-order valence-electron chi connectivity index (χ0n) is 7.31. The predicted octanol–water partition coefficient (Wildman–Crippen LogP) is 3.27. The molecule has 0 nitrogen and oxygen atoms in total. The van der Waals surface area contributed by atoms with Crippen LogP contribution in [0.1, 0.15) is 24.3 Å². The quantitative estimate of drug-likeness (QED) is 0.670. The van der Waals surface area contributed by atoms with Crippen molar-refractivity contribution in [1.82, 2.24) is 0 Å². The average Bonchev–Trinajstić information content (AvgIpc) is 2.85. The minimum atomic E-state index is -4.90. The van der Waals surface area contributed by atoms with Gasteiger partial charge in [0.25, 0.3) is 0 Å². The van der Waals surface area contributed by atoms with Crippen LogP contribution in [0.2, 0.25) is 5.02 Å². The van der Waals surface area contributed by atoms with Gasteiger partial charge in [-0.1, -0.05) is 23.7 Å². The fourth-order valence-electron chi connectivity index (χ4n) is 1.47. The summed E-state index contributed by atoms with van der Waals surface area (Å²) in [4.78, 5) is 0. The molecule has 0 spiro atoms. The van der Waals surface area contributed by atoms with E-state index in [0.717, 1.165) is 18.9 Å². The van der Waals surface area contributed by atoms with E-state index in [1.807, 2.05) is 0 Å². The van der Waals surface area contributed by atoms with Crippen LogP contribution in [0.3, 0.4) is 0 Å². The second-order valence-corrected chi connectivity index (χ2v) is 4.04. The Labute approximate surface area is 85.1 Å². The van der Waals surface area contributed by atoms with Crippen LogP contribution in [0.4, 0.5) is 12.9 Å². The second-order valence-electron chi connectivity index (χ2n) is 3.63. The minimum absolute atomic E-state index is 0.251. The molecule has 0 heterocycles. The molecule has 0 N–H and O–H groups in total. The predicted molar refractivity (Wildman–Crippen MR) is 52.1 cm³/mol. The van der Waals surface area contributed by atoms with Crippen LogP contribution in [0.5, 0.6) is 0 Å². The Morgan fingerprint density at radius 1 is 1.21 bits per heavy atom. The average molecular weight is 219 g/mol. The van der Waals surface area contributed by atoms with E-state index in [1.54, 1.807) is 0 Å². The highest BCUT2D eigenvalue weighted by Gasteiger charge is 2.30. The van der Waals surface area contributed by atoms with Crippen LogP contribution in [0.15, 0.2) is 18.2 Å². The van der Waals surface area contributed by atoms with Gasteiger partial charge < -0.3 is 12.9 Å². The van der Waals surface area contributed by atoms with Crippen molar-refractivity contribution in [1.29, 1.82) is 0 Å². The van der Waals surface area contributed by atoms with Crippen LogP contribution in [0.25, 0.3) is 0 Å². The maximum absolute atomic E-state index is 12.4. The van der Waals surface area contributed by atoms with Gasteiger partial charge in [-0.15, -0.1) is 5.46 Å². The third kappa shape index (κ3) is 1.90. The van der Waals surface area contributed by atoms with Crippen molar-refractivity contribution in [3.63, 3.8) is 0 Å². The second kappa shape index (κ2) is 3.19. The molecule has 1 fully saturated rings. The Bertz CT molecular complexity index is 358. The van der Waals surface area contributed by atoms with Crippen LogP contribution < -0.4 is 5.46 Å². The van der Waals surface area contributed by atoms with Crippen molar-refractivity contribution in [2.24, 2.45) is 0 Å². The highest BCUT2D eigenvalue weighted by molar-refractivity contribution is 6.73. The van der Waals surface area contributed by atoms with Crippen molar-refractivity contribution < 1.29 is 12.9 Å². The Morgan fingerprint density at radius 2 is 1.86 bits per heavy atom. The SMILES string of the molecule is F[B-](F)(F)c1ccc(Cl)c(C2CC2)c1. The number of benzene rings is 1. The van der Waals surface area contributed by atoms with Gasteiger partial charge in [0.2, 0.25) is 0 Å². The van der Waals surface area contributed by atoms with Crippen molar-refractivity contribution in [2.75, 3.05) is 0 Å². The van der Waals surface area contributed by atoms with E-state index in [9.17, 15) is 12.9 Å². The van der Waals surface area contributed by atoms with Crippen LogP contribution in [0, 0.1) is 0 Å². The summed E-state index contributed by atoms with van der Waals surface area (Å²) >= 11 is 5.82. The fraction of sp³-hybridized carbons (Fsp3) is 0.333. The number of hydrogen-bond acceptors (Lipinski definition) is 0. The van der Waals surface area contributed by atoms with E-state index in [0.29, 0.717) is 10.6 Å². The first-order chi connectivity index (χ1) is 6.48. The molecule has 2 rings (SSSR count). The summed E-state index contributed by atoms with van der Waals surface area (Å²) in [5, 5.41) is 0.455. The van der Waals surface area contributed by atoms with E-state index in [2.05, 4.69) is 0 Å². The number of hydrogen-bond donors (Lipinski definition) is 0. The fourth-order valence-corrected chi connectivity index (χ4v) is 1.74. The molecule has 0 aliphatic heterocycles. The van der Waals surface area contributed by atoms with Gasteiger partial charge in [0.05, 0.1) is 0 Å². The Hall–Kier alpha value is -0.635. The van der Waals surface area contributed by atoms with E-state index in [1.165, 1.54) is 12.1 Å². The summed E-state index contributed by atoms with van der Waals surface area (Å²) in [7, 11) is 0. The molecule has 1 aromatic carbocycles. The molecule has 1 saturated carbocycles. The lowest BCUT2D eigenvalue weighted by atomic mass is 9.79. The molecule has 0 saturated heterocycles. The molecule has 0 bridgehead atoms. The highest BCUT2D eigenvalue weighted by atomic mass is 35.5. The van der Waals surface area contributed by atoms with Gasteiger partial charge in [0.1, 0.15) is 0 Å². The number of halogens is 4. The third-order valence-corrected chi connectivity index (χ3v) is 2.76. The lowest BCUT2D eigenvalue weighted by Crippen LogP contribution is -2.34. The van der Waals surface area contributed by atoms with Crippen molar-refractivity contribution >= 4 is 24.0 Å². The molecule has 1 aliphatic carbocycles. The lowest BCUT2D eigenvalue weighted by molar-refractivity contribution is 0.501. The maximum Gasteiger partial charge on any atom is 0.509 e. The summed E-state index contributed by atoms with van der Waals surface area (Å²) in [6, 6.07) is 3.59. The molecule has 0 radical (unpaired) electrons. The van der Waals surface area contributed by atoms with Gasteiger partial charge in [-0.2, -0.15) is 0 Å². The zero-order valence-corrected chi connectivity index (χ0v) is 8.07. The largest absolute Gasteiger partial charge is 0.509 e. The topological polar surface area (TPSA) is 0 Å². The Kier molecular flexibility index (Phi) is 2.26. The van der Waals surface area contributed by atoms with Crippen LogP contribution in [-0.2, 0) is 0 Å². The molecule has 76 valence electrons. The first-order valence-corrected chi connectivity index (χ1v) is 4.85. The smallest absolute Gasteiger partial charge is 0.445 e. The van der Waals surface area contributed by atoms with Gasteiger partial charge in [-0.25, -0.2) is 0 Å². The van der Waals surface area contributed by atoms with E-state index in [4.69, 9.17) is 11.6 Å². The molecule has 0 aromatic heterocycles. The summed E-state index contributed by atoms with van der Waals surface area (Å²) in [6.45, 7) is -4.90. The van der Waals surface area contributed by atoms with Gasteiger partial charge >= 0.3 is 6.98 Å². The van der Waals surface area contributed by atoms with Gasteiger partial charge in [-0.3, -0.25) is 0 Å². The van der Waals surface area contributed by atoms with Gasteiger partial charge in [0, 0.05) is 5.02 Å². The molecular weight excluding hydrogens is 211 g/mol. The van der Waals surface area contributed by atoms with Gasteiger partial charge in [0.15, 0.2) is 0 Å². The molecule has 14 heavy (non-hydrogen) atoms. The summed E-state index contributed by atoms with van der Waals surface area (Å²) in [6.07, 6.45) is 1.90. The maximum atomic E-state index is 12.4. The van der Waals surface area contributed by atoms with Crippen LogP contribution in [-0.4, -0.2) is 6.98 Å². The van der Waals surface area contributed by atoms with Crippen LogP contribution >= 0.6 is 11.6 Å².